The molecule has 1 N–H and O–H groups in total. The molecule has 1 fully saturated rings. The lowest BCUT2D eigenvalue weighted by molar-refractivity contribution is -0.136. The highest BCUT2D eigenvalue weighted by Gasteiger charge is 2.40. The van der Waals surface area contributed by atoms with Gasteiger partial charge in [0.2, 0.25) is 5.89 Å². The third-order valence-corrected chi connectivity index (χ3v) is 6.37. The second-order valence-electron chi connectivity index (χ2n) is 8.31. The van der Waals surface area contributed by atoms with E-state index in [-0.39, 0.29) is 23.0 Å². The van der Waals surface area contributed by atoms with E-state index in [0.717, 1.165) is 31.0 Å². The number of hydrogen-bond acceptors (Lipinski definition) is 6. The number of carbonyl (C=O) groups excluding carboxylic acids is 1. The van der Waals surface area contributed by atoms with E-state index < -0.39 is 23.7 Å². The fraction of sp³-hybridized carbons (Fsp3) is 0.381. The molecule has 1 aliphatic carbocycles. The zero-order valence-corrected chi connectivity index (χ0v) is 17.2. The fourth-order valence-electron chi connectivity index (χ4n) is 4.47. The molecule has 0 aromatic carbocycles. The highest BCUT2D eigenvalue weighted by molar-refractivity contribution is 5.90. The van der Waals surface area contributed by atoms with Crippen molar-refractivity contribution in [3.63, 3.8) is 0 Å². The molecule has 1 saturated carbocycles. The van der Waals surface area contributed by atoms with Gasteiger partial charge in [-0.2, -0.15) is 18.3 Å². The Morgan fingerprint density at radius 2 is 2.09 bits per heavy atom. The molecule has 33 heavy (non-hydrogen) atoms. The van der Waals surface area contributed by atoms with E-state index in [1.807, 2.05) is 0 Å². The smallest absolute Gasteiger partial charge is 0.417 e. The van der Waals surface area contributed by atoms with Gasteiger partial charge in [-0.25, -0.2) is 9.50 Å². The summed E-state index contributed by atoms with van der Waals surface area (Å²) in [5, 5.41) is 12.3. The average Bonchev–Trinajstić information content (AvgIpc) is 3.48. The first-order valence-corrected chi connectivity index (χ1v) is 10.6. The summed E-state index contributed by atoms with van der Waals surface area (Å²) in [6.45, 7) is 0.292. The standard InChI is InChI=1S/C21H18F3N7O2/c22-21(23,24)12-5-2-7-31-15(12)9-14(29-31)17-16-13(25-10-26-16)6-8-30(17)20(32)19-28-27-18(33-19)11-3-1-4-11/h2,5,7,9-11,17H,1,3-4,6,8H2,(H,25,26)/t17-/m0/s1. The van der Waals surface area contributed by atoms with Crippen LogP contribution in [0.2, 0.25) is 0 Å². The predicted octanol–water partition coefficient (Wildman–Crippen LogP) is 3.51. The number of imidazole rings is 1. The Morgan fingerprint density at radius 3 is 2.85 bits per heavy atom. The molecule has 0 spiro atoms. The molecule has 170 valence electrons. The van der Waals surface area contributed by atoms with Crippen molar-refractivity contribution in [3.8, 4) is 0 Å². The Hall–Kier alpha value is -3.70. The third-order valence-electron chi connectivity index (χ3n) is 6.37. The number of H-pyrrole nitrogens is 1. The molecule has 2 aliphatic rings. The van der Waals surface area contributed by atoms with Crippen molar-refractivity contribution in [1.82, 2.24) is 34.7 Å². The minimum Gasteiger partial charge on any atom is -0.417 e. The molecule has 4 aromatic rings. The van der Waals surface area contributed by atoms with Crippen LogP contribution in [0, 0.1) is 0 Å². The molecular formula is C21H18F3N7O2. The van der Waals surface area contributed by atoms with Crippen LogP contribution in [0.25, 0.3) is 5.52 Å². The number of fused-ring (bicyclic) bond motifs is 2. The van der Waals surface area contributed by atoms with E-state index >= 15 is 0 Å². The van der Waals surface area contributed by atoms with Crippen molar-refractivity contribution >= 4 is 11.4 Å². The lowest BCUT2D eigenvalue weighted by Gasteiger charge is -2.32. The minimum atomic E-state index is -4.54. The zero-order chi connectivity index (χ0) is 22.7. The number of aromatic amines is 1. The summed E-state index contributed by atoms with van der Waals surface area (Å²) in [5.74, 6) is -0.0185. The molecule has 1 atom stereocenters. The Morgan fingerprint density at radius 1 is 1.24 bits per heavy atom. The number of hydrogen-bond donors (Lipinski definition) is 1. The molecule has 5 heterocycles. The molecular weight excluding hydrogens is 439 g/mol. The summed E-state index contributed by atoms with van der Waals surface area (Å²) in [4.78, 5) is 22.3. The first-order valence-electron chi connectivity index (χ1n) is 10.6. The normalized spacial score (nSPS) is 19.0. The quantitative estimate of drug-likeness (QED) is 0.505. The number of nitrogens with zero attached hydrogens (tertiary/aromatic N) is 6. The van der Waals surface area contributed by atoms with Crippen LogP contribution in [0.1, 0.15) is 70.4 Å². The average molecular weight is 457 g/mol. The van der Waals surface area contributed by atoms with Crippen molar-refractivity contribution in [2.45, 2.75) is 43.8 Å². The maximum Gasteiger partial charge on any atom is 0.418 e. The second kappa shape index (κ2) is 7.15. The molecule has 1 aliphatic heterocycles. The van der Waals surface area contributed by atoms with Gasteiger partial charge in [-0.15, -0.1) is 10.2 Å². The van der Waals surface area contributed by atoms with Gasteiger partial charge >= 0.3 is 18.0 Å². The van der Waals surface area contributed by atoms with Gasteiger partial charge in [-0.1, -0.05) is 6.42 Å². The van der Waals surface area contributed by atoms with E-state index in [9.17, 15) is 18.0 Å². The van der Waals surface area contributed by atoms with E-state index in [2.05, 4.69) is 25.3 Å². The summed E-state index contributed by atoms with van der Waals surface area (Å²) in [5.41, 5.74) is 0.705. The Balaban J connectivity index is 1.42. The number of alkyl halides is 3. The first kappa shape index (κ1) is 19.9. The maximum atomic E-state index is 13.5. The molecule has 6 rings (SSSR count). The van der Waals surface area contributed by atoms with E-state index in [1.165, 1.54) is 34.1 Å². The Kier molecular flexibility index (Phi) is 4.32. The first-order chi connectivity index (χ1) is 15.9. The number of carbonyl (C=O) groups is 1. The van der Waals surface area contributed by atoms with Gasteiger partial charge in [0.25, 0.3) is 0 Å². The lowest BCUT2D eigenvalue weighted by Crippen LogP contribution is -2.41. The van der Waals surface area contributed by atoms with E-state index in [1.54, 1.807) is 0 Å². The van der Waals surface area contributed by atoms with Gasteiger partial charge < -0.3 is 14.3 Å². The molecule has 0 bridgehead atoms. The van der Waals surface area contributed by atoms with Crippen LogP contribution in [-0.4, -0.2) is 47.1 Å². The van der Waals surface area contributed by atoms with Gasteiger partial charge in [-0.05, 0) is 31.0 Å². The Bertz CT molecular complexity index is 1350. The van der Waals surface area contributed by atoms with Crippen LogP contribution < -0.4 is 0 Å². The van der Waals surface area contributed by atoms with Crippen LogP contribution in [0.15, 0.2) is 35.1 Å². The SMILES string of the molecule is O=C(c1nnc(C2CCC2)o1)N1CCc2[nH]cnc2[C@@H]1c1cc2c(C(F)(F)F)cccn2n1. The summed E-state index contributed by atoms with van der Waals surface area (Å²) in [7, 11) is 0. The summed E-state index contributed by atoms with van der Waals surface area (Å²) < 4.78 is 47.4. The number of aromatic nitrogens is 6. The van der Waals surface area contributed by atoms with Gasteiger partial charge in [0.05, 0.1) is 28.8 Å². The highest BCUT2D eigenvalue weighted by Crippen LogP contribution is 2.38. The molecule has 9 nitrogen and oxygen atoms in total. The summed E-state index contributed by atoms with van der Waals surface area (Å²) in [6, 6.07) is 2.85. The molecule has 0 saturated heterocycles. The van der Waals surface area contributed by atoms with Gasteiger partial charge in [0.1, 0.15) is 6.04 Å². The monoisotopic (exact) mass is 457 g/mol. The minimum absolute atomic E-state index is 0.0971. The topological polar surface area (TPSA) is 105 Å². The number of nitrogens with one attached hydrogen (secondary N) is 1. The van der Waals surface area contributed by atoms with Gasteiger partial charge in [0, 0.05) is 30.8 Å². The summed E-state index contributed by atoms with van der Waals surface area (Å²) >= 11 is 0. The number of rotatable bonds is 3. The number of halogens is 3. The van der Waals surface area contributed by atoms with Crippen molar-refractivity contribution in [2.24, 2.45) is 0 Å². The largest absolute Gasteiger partial charge is 0.418 e. The number of pyridine rings is 1. The molecule has 1 amide bonds. The second-order valence-corrected chi connectivity index (χ2v) is 8.31. The molecule has 0 radical (unpaired) electrons. The maximum absolute atomic E-state index is 13.5. The molecule has 4 aromatic heterocycles. The van der Waals surface area contributed by atoms with Crippen LogP contribution in [0.5, 0.6) is 0 Å². The lowest BCUT2D eigenvalue weighted by atomic mass is 9.85. The van der Waals surface area contributed by atoms with Crippen LogP contribution in [-0.2, 0) is 12.6 Å². The third kappa shape index (κ3) is 3.19. The Labute approximate surface area is 184 Å². The van der Waals surface area contributed by atoms with Crippen molar-refractivity contribution in [1.29, 1.82) is 0 Å². The highest BCUT2D eigenvalue weighted by atomic mass is 19.4. The van der Waals surface area contributed by atoms with Crippen LogP contribution in [0.4, 0.5) is 13.2 Å². The van der Waals surface area contributed by atoms with Crippen molar-refractivity contribution in [3.05, 3.63) is 65.1 Å². The zero-order valence-electron chi connectivity index (χ0n) is 17.2. The number of amides is 1. The van der Waals surface area contributed by atoms with Crippen LogP contribution in [0.3, 0.4) is 0 Å². The molecule has 0 unspecified atom stereocenters. The summed E-state index contributed by atoms with van der Waals surface area (Å²) in [6.07, 6.45) is 1.88. The van der Waals surface area contributed by atoms with E-state index in [4.69, 9.17) is 4.42 Å². The van der Waals surface area contributed by atoms with Gasteiger partial charge in [0.15, 0.2) is 0 Å². The van der Waals surface area contributed by atoms with E-state index in [0.29, 0.717) is 24.6 Å². The predicted molar refractivity (Wildman–Crippen MR) is 106 cm³/mol. The van der Waals surface area contributed by atoms with Crippen LogP contribution >= 0.6 is 0 Å². The molecule has 12 heteroatoms. The van der Waals surface area contributed by atoms with Crippen molar-refractivity contribution in [2.75, 3.05) is 6.54 Å². The van der Waals surface area contributed by atoms with Gasteiger partial charge in [-0.3, -0.25) is 4.79 Å². The fourth-order valence-corrected chi connectivity index (χ4v) is 4.47. The van der Waals surface area contributed by atoms with Crippen molar-refractivity contribution < 1.29 is 22.4 Å².